The smallest absolute Gasteiger partial charge is 0.481 e. The molecule has 0 unspecified atom stereocenters. The Morgan fingerprint density at radius 3 is 2.32 bits per heavy atom. The van der Waals surface area contributed by atoms with Crippen LogP contribution in [0.1, 0.15) is 0 Å². The topological polar surface area (TPSA) is 44.2 Å². The van der Waals surface area contributed by atoms with Crippen molar-refractivity contribution in [2.24, 2.45) is 0 Å². The molecular formula is C12H9F3N2O2. The van der Waals surface area contributed by atoms with Gasteiger partial charge >= 0.3 is 6.36 Å². The lowest BCUT2D eigenvalue weighted by atomic mass is 10.2. The quantitative estimate of drug-likeness (QED) is 0.859. The summed E-state index contributed by atoms with van der Waals surface area (Å²) in [5, 5.41) is 0. The van der Waals surface area contributed by atoms with Gasteiger partial charge in [-0.2, -0.15) is 4.98 Å². The number of hydrogen-bond donors (Lipinski definition) is 0. The van der Waals surface area contributed by atoms with Crippen LogP contribution in [0.4, 0.5) is 13.2 Å². The largest absolute Gasteiger partial charge is 0.573 e. The Balaban J connectivity index is 2.22. The second kappa shape index (κ2) is 5.13. The van der Waals surface area contributed by atoms with Gasteiger partial charge in [0.05, 0.1) is 7.11 Å². The van der Waals surface area contributed by atoms with E-state index in [9.17, 15) is 13.2 Å². The van der Waals surface area contributed by atoms with Gasteiger partial charge in [0.15, 0.2) is 5.82 Å². The van der Waals surface area contributed by atoms with Gasteiger partial charge in [0.1, 0.15) is 5.75 Å². The first-order valence-electron chi connectivity index (χ1n) is 5.21. The van der Waals surface area contributed by atoms with Crippen molar-refractivity contribution in [2.45, 2.75) is 6.36 Å². The molecule has 0 aliphatic carbocycles. The van der Waals surface area contributed by atoms with Crippen molar-refractivity contribution in [3.63, 3.8) is 0 Å². The van der Waals surface area contributed by atoms with Crippen molar-refractivity contribution in [3.05, 3.63) is 36.5 Å². The Morgan fingerprint density at radius 2 is 1.74 bits per heavy atom. The standard InChI is InChI=1S/C12H9F3N2O2/c1-18-10-6-7-16-11(17-10)8-2-4-9(5-3-8)19-12(13,14)15/h2-7H,1H3. The van der Waals surface area contributed by atoms with E-state index < -0.39 is 6.36 Å². The number of aromatic nitrogens is 2. The van der Waals surface area contributed by atoms with E-state index >= 15 is 0 Å². The molecular weight excluding hydrogens is 261 g/mol. The van der Waals surface area contributed by atoms with Crippen LogP contribution in [0.2, 0.25) is 0 Å². The van der Waals surface area contributed by atoms with Gasteiger partial charge in [-0.1, -0.05) is 0 Å². The summed E-state index contributed by atoms with van der Waals surface area (Å²) in [5.41, 5.74) is 0.563. The molecule has 0 radical (unpaired) electrons. The van der Waals surface area contributed by atoms with Gasteiger partial charge in [0.2, 0.25) is 5.88 Å². The van der Waals surface area contributed by atoms with Crippen LogP contribution >= 0.6 is 0 Å². The summed E-state index contributed by atoms with van der Waals surface area (Å²) in [6.45, 7) is 0. The second-order valence-electron chi connectivity index (χ2n) is 3.49. The zero-order chi connectivity index (χ0) is 13.9. The van der Waals surface area contributed by atoms with Crippen molar-refractivity contribution >= 4 is 0 Å². The van der Waals surface area contributed by atoms with E-state index in [0.717, 1.165) is 0 Å². The fourth-order valence-electron chi connectivity index (χ4n) is 1.40. The van der Waals surface area contributed by atoms with E-state index in [1.807, 2.05) is 0 Å². The van der Waals surface area contributed by atoms with E-state index in [1.54, 1.807) is 6.07 Å². The molecule has 7 heteroatoms. The molecule has 0 saturated carbocycles. The van der Waals surface area contributed by atoms with Crippen molar-refractivity contribution < 1.29 is 22.6 Å². The van der Waals surface area contributed by atoms with Crippen LogP contribution in [0, 0.1) is 0 Å². The number of ether oxygens (including phenoxy) is 2. The van der Waals surface area contributed by atoms with Crippen LogP contribution in [-0.4, -0.2) is 23.4 Å². The molecule has 0 N–H and O–H groups in total. The lowest BCUT2D eigenvalue weighted by molar-refractivity contribution is -0.274. The molecule has 2 rings (SSSR count). The summed E-state index contributed by atoms with van der Waals surface area (Å²) in [5.74, 6) is 0.442. The number of halogens is 3. The molecule has 4 nitrogen and oxygen atoms in total. The number of nitrogens with zero attached hydrogens (tertiary/aromatic N) is 2. The van der Waals surface area contributed by atoms with Gasteiger partial charge in [-0.15, -0.1) is 13.2 Å². The molecule has 0 fully saturated rings. The summed E-state index contributed by atoms with van der Waals surface area (Å²) in [6.07, 6.45) is -3.20. The molecule has 0 aliphatic heterocycles. The van der Waals surface area contributed by atoms with Crippen molar-refractivity contribution in [1.29, 1.82) is 0 Å². The minimum Gasteiger partial charge on any atom is -0.481 e. The third kappa shape index (κ3) is 3.57. The first kappa shape index (κ1) is 13.1. The third-order valence-electron chi connectivity index (χ3n) is 2.19. The minimum absolute atomic E-state index is 0.292. The van der Waals surface area contributed by atoms with Gasteiger partial charge in [-0.3, -0.25) is 0 Å². The zero-order valence-electron chi connectivity index (χ0n) is 9.81. The normalized spacial score (nSPS) is 11.2. The highest BCUT2D eigenvalue weighted by Crippen LogP contribution is 2.25. The highest BCUT2D eigenvalue weighted by Gasteiger charge is 2.30. The maximum Gasteiger partial charge on any atom is 0.573 e. The number of benzene rings is 1. The van der Waals surface area contributed by atoms with E-state index in [4.69, 9.17) is 4.74 Å². The molecule has 2 aromatic rings. The van der Waals surface area contributed by atoms with Gasteiger partial charge in [-0.05, 0) is 24.3 Å². The minimum atomic E-state index is -4.70. The molecule has 0 atom stereocenters. The number of methoxy groups -OCH3 is 1. The van der Waals surface area contributed by atoms with Crippen molar-refractivity contribution in [3.8, 4) is 23.0 Å². The van der Waals surface area contributed by atoms with Gasteiger partial charge in [-0.25, -0.2) is 4.98 Å². The predicted octanol–water partition coefficient (Wildman–Crippen LogP) is 3.05. The molecule has 0 amide bonds. The van der Waals surface area contributed by atoms with E-state index in [-0.39, 0.29) is 5.75 Å². The van der Waals surface area contributed by atoms with Crippen molar-refractivity contribution in [1.82, 2.24) is 9.97 Å². The average molecular weight is 270 g/mol. The average Bonchev–Trinajstić information content (AvgIpc) is 2.38. The maximum atomic E-state index is 12.0. The third-order valence-corrected chi connectivity index (χ3v) is 2.19. The second-order valence-corrected chi connectivity index (χ2v) is 3.49. The lowest BCUT2D eigenvalue weighted by Gasteiger charge is -2.09. The van der Waals surface area contributed by atoms with Gasteiger partial charge in [0.25, 0.3) is 0 Å². The fraction of sp³-hybridized carbons (Fsp3) is 0.167. The molecule has 100 valence electrons. The molecule has 0 spiro atoms. The Bertz CT molecular complexity index is 556. The summed E-state index contributed by atoms with van der Waals surface area (Å²) in [6, 6.07) is 6.85. The molecule has 1 aromatic heterocycles. The number of alkyl halides is 3. The predicted molar refractivity (Wildman–Crippen MR) is 60.7 cm³/mol. The molecule has 0 saturated heterocycles. The monoisotopic (exact) mass is 270 g/mol. The molecule has 1 heterocycles. The molecule has 0 bridgehead atoms. The summed E-state index contributed by atoms with van der Waals surface area (Å²) >= 11 is 0. The first-order chi connectivity index (χ1) is 8.98. The van der Waals surface area contributed by atoms with Crippen LogP contribution in [-0.2, 0) is 0 Å². The van der Waals surface area contributed by atoms with Crippen LogP contribution < -0.4 is 9.47 Å². The van der Waals surface area contributed by atoms with Crippen LogP contribution in [0.5, 0.6) is 11.6 Å². The molecule has 19 heavy (non-hydrogen) atoms. The Labute approximate surface area is 106 Å². The highest BCUT2D eigenvalue weighted by atomic mass is 19.4. The SMILES string of the molecule is COc1ccnc(-c2ccc(OC(F)(F)F)cc2)n1. The van der Waals surface area contributed by atoms with Crippen LogP contribution in [0.15, 0.2) is 36.5 Å². The lowest BCUT2D eigenvalue weighted by Crippen LogP contribution is -2.16. The first-order valence-corrected chi connectivity index (χ1v) is 5.21. The van der Waals surface area contributed by atoms with E-state index in [1.165, 1.54) is 37.6 Å². The number of hydrogen-bond acceptors (Lipinski definition) is 4. The Morgan fingerprint density at radius 1 is 1.05 bits per heavy atom. The molecule has 0 aliphatic rings. The summed E-state index contributed by atoms with van der Waals surface area (Å²) in [4.78, 5) is 8.08. The van der Waals surface area contributed by atoms with Crippen LogP contribution in [0.25, 0.3) is 11.4 Å². The summed E-state index contributed by atoms with van der Waals surface area (Å²) < 4.78 is 44.7. The molecule has 1 aromatic carbocycles. The highest BCUT2D eigenvalue weighted by molar-refractivity contribution is 5.56. The van der Waals surface area contributed by atoms with Gasteiger partial charge < -0.3 is 9.47 Å². The summed E-state index contributed by atoms with van der Waals surface area (Å²) in [7, 11) is 1.46. The van der Waals surface area contributed by atoms with Gasteiger partial charge in [0, 0.05) is 17.8 Å². The maximum absolute atomic E-state index is 12.0. The van der Waals surface area contributed by atoms with Crippen molar-refractivity contribution in [2.75, 3.05) is 7.11 Å². The Kier molecular flexibility index (Phi) is 3.55. The van der Waals surface area contributed by atoms with E-state index in [0.29, 0.717) is 17.3 Å². The fourth-order valence-corrected chi connectivity index (χ4v) is 1.40. The van der Waals surface area contributed by atoms with E-state index in [2.05, 4.69) is 14.7 Å². The zero-order valence-corrected chi connectivity index (χ0v) is 9.81. The number of rotatable bonds is 3. The Hall–Kier alpha value is -2.31. The van der Waals surface area contributed by atoms with Crippen LogP contribution in [0.3, 0.4) is 0 Å².